The SMILES string of the molecule is NNC(=O)c1sccc1CN1CC(=O)Nc2ccccc21. The van der Waals surface area contributed by atoms with Crippen molar-refractivity contribution in [3.8, 4) is 0 Å². The number of benzene rings is 1. The molecule has 108 valence electrons. The molecule has 0 spiro atoms. The number of nitrogens with zero attached hydrogens (tertiary/aromatic N) is 1. The Labute approximate surface area is 125 Å². The van der Waals surface area contributed by atoms with Crippen molar-refractivity contribution in [3.63, 3.8) is 0 Å². The van der Waals surface area contributed by atoms with Gasteiger partial charge < -0.3 is 10.2 Å². The van der Waals surface area contributed by atoms with E-state index in [0.29, 0.717) is 11.4 Å². The number of thiophene rings is 1. The lowest BCUT2D eigenvalue weighted by Gasteiger charge is -2.30. The van der Waals surface area contributed by atoms with Gasteiger partial charge in [-0.3, -0.25) is 15.0 Å². The normalized spacial score (nSPS) is 13.6. The maximum absolute atomic E-state index is 11.8. The highest BCUT2D eigenvalue weighted by atomic mass is 32.1. The molecular formula is C14H14N4O2S. The van der Waals surface area contributed by atoms with Gasteiger partial charge in [-0.15, -0.1) is 11.3 Å². The van der Waals surface area contributed by atoms with Crippen LogP contribution in [0.3, 0.4) is 0 Å². The van der Waals surface area contributed by atoms with Gasteiger partial charge in [-0.1, -0.05) is 12.1 Å². The lowest BCUT2D eigenvalue weighted by atomic mass is 10.1. The zero-order chi connectivity index (χ0) is 14.8. The Morgan fingerprint density at radius 2 is 2.19 bits per heavy atom. The summed E-state index contributed by atoms with van der Waals surface area (Å²) in [6.07, 6.45) is 0. The molecule has 0 saturated heterocycles. The van der Waals surface area contributed by atoms with E-state index >= 15 is 0 Å². The molecule has 0 unspecified atom stereocenters. The third-order valence-electron chi connectivity index (χ3n) is 3.30. The first-order valence-corrected chi connectivity index (χ1v) is 7.28. The van der Waals surface area contributed by atoms with Crippen molar-refractivity contribution in [2.45, 2.75) is 6.54 Å². The molecule has 2 amide bonds. The second-order valence-corrected chi connectivity index (χ2v) is 5.59. The van der Waals surface area contributed by atoms with Gasteiger partial charge in [0.05, 0.1) is 22.8 Å². The number of hydrazine groups is 1. The minimum absolute atomic E-state index is 0.0613. The van der Waals surface area contributed by atoms with Crippen LogP contribution in [-0.4, -0.2) is 18.4 Å². The molecule has 4 N–H and O–H groups in total. The van der Waals surface area contributed by atoms with Gasteiger partial charge >= 0.3 is 0 Å². The summed E-state index contributed by atoms with van der Waals surface area (Å²) in [6, 6.07) is 9.49. The Balaban J connectivity index is 1.91. The fourth-order valence-corrected chi connectivity index (χ4v) is 3.19. The number of hydrogen-bond donors (Lipinski definition) is 3. The second-order valence-electron chi connectivity index (χ2n) is 4.67. The Morgan fingerprint density at radius 3 is 3.00 bits per heavy atom. The van der Waals surface area contributed by atoms with Crippen LogP contribution >= 0.6 is 11.3 Å². The van der Waals surface area contributed by atoms with E-state index in [1.54, 1.807) is 0 Å². The number of anilines is 2. The Bertz CT molecular complexity index is 698. The molecule has 0 saturated carbocycles. The summed E-state index contributed by atoms with van der Waals surface area (Å²) in [4.78, 5) is 26.0. The lowest BCUT2D eigenvalue weighted by Crippen LogP contribution is -2.38. The average Bonchev–Trinajstić information content (AvgIpc) is 2.94. The zero-order valence-electron chi connectivity index (χ0n) is 11.1. The standard InChI is InChI=1S/C14H14N4O2S/c15-17-14(20)13-9(5-6-21-13)7-18-8-12(19)16-10-3-1-2-4-11(10)18/h1-6H,7-8,15H2,(H,16,19)(H,17,20). The smallest absolute Gasteiger partial charge is 0.275 e. The van der Waals surface area contributed by atoms with Gasteiger partial charge in [-0.25, -0.2) is 5.84 Å². The van der Waals surface area contributed by atoms with Crippen LogP contribution < -0.4 is 21.5 Å². The van der Waals surface area contributed by atoms with Crippen LogP contribution in [0.15, 0.2) is 35.7 Å². The highest BCUT2D eigenvalue weighted by Gasteiger charge is 2.23. The maximum atomic E-state index is 11.8. The van der Waals surface area contributed by atoms with Crippen LogP contribution in [-0.2, 0) is 11.3 Å². The third kappa shape index (κ3) is 2.61. The summed E-state index contributed by atoms with van der Waals surface area (Å²) in [7, 11) is 0. The average molecular weight is 302 g/mol. The Kier molecular flexibility index (Phi) is 3.59. The van der Waals surface area contributed by atoms with Crippen molar-refractivity contribution in [3.05, 3.63) is 46.2 Å². The molecule has 2 heterocycles. The molecule has 0 atom stereocenters. The van der Waals surface area contributed by atoms with Crippen molar-refractivity contribution in [2.24, 2.45) is 5.84 Å². The summed E-state index contributed by atoms with van der Waals surface area (Å²) in [5.74, 6) is 4.82. The molecule has 1 aliphatic rings. The van der Waals surface area contributed by atoms with Crippen LogP contribution in [0.1, 0.15) is 15.2 Å². The highest BCUT2D eigenvalue weighted by molar-refractivity contribution is 7.12. The fraction of sp³-hybridized carbons (Fsp3) is 0.143. The maximum Gasteiger partial charge on any atom is 0.275 e. The molecule has 6 nitrogen and oxygen atoms in total. The molecule has 0 fully saturated rings. The quantitative estimate of drug-likeness (QED) is 0.453. The molecule has 1 aliphatic heterocycles. The van der Waals surface area contributed by atoms with Crippen LogP contribution in [0.5, 0.6) is 0 Å². The van der Waals surface area contributed by atoms with Crippen molar-refractivity contribution in [1.82, 2.24) is 5.43 Å². The molecule has 3 rings (SSSR count). The summed E-state index contributed by atoms with van der Waals surface area (Å²) < 4.78 is 0. The van der Waals surface area contributed by atoms with Crippen LogP contribution in [0, 0.1) is 0 Å². The zero-order valence-corrected chi connectivity index (χ0v) is 11.9. The number of fused-ring (bicyclic) bond motifs is 1. The first-order chi connectivity index (χ1) is 10.2. The molecule has 0 aliphatic carbocycles. The first kappa shape index (κ1) is 13.6. The number of carbonyl (C=O) groups excluding carboxylic acids is 2. The number of rotatable bonds is 3. The number of amides is 2. The summed E-state index contributed by atoms with van der Waals surface area (Å²) >= 11 is 1.33. The van der Waals surface area contributed by atoms with E-state index in [0.717, 1.165) is 16.9 Å². The molecule has 21 heavy (non-hydrogen) atoms. The summed E-state index contributed by atoms with van der Waals surface area (Å²) in [5.41, 5.74) is 4.73. The van der Waals surface area contributed by atoms with E-state index in [1.807, 2.05) is 40.6 Å². The number of hydrogen-bond acceptors (Lipinski definition) is 5. The van der Waals surface area contributed by atoms with Crippen molar-refractivity contribution < 1.29 is 9.59 Å². The molecule has 0 radical (unpaired) electrons. The molecule has 0 bridgehead atoms. The lowest BCUT2D eigenvalue weighted by molar-refractivity contribution is -0.115. The number of nitrogens with one attached hydrogen (secondary N) is 2. The molecule has 2 aromatic rings. The molecule has 7 heteroatoms. The van der Waals surface area contributed by atoms with Crippen LogP contribution in [0.25, 0.3) is 0 Å². The van der Waals surface area contributed by atoms with Crippen LogP contribution in [0.2, 0.25) is 0 Å². The van der Waals surface area contributed by atoms with E-state index in [-0.39, 0.29) is 18.4 Å². The highest BCUT2D eigenvalue weighted by Crippen LogP contribution is 2.31. The topological polar surface area (TPSA) is 87.5 Å². The minimum Gasteiger partial charge on any atom is -0.356 e. The largest absolute Gasteiger partial charge is 0.356 e. The Hall–Kier alpha value is -2.38. The monoisotopic (exact) mass is 302 g/mol. The fourth-order valence-electron chi connectivity index (χ4n) is 2.38. The predicted octanol–water partition coefficient (Wildman–Crippen LogP) is 1.31. The second kappa shape index (κ2) is 5.55. The number of nitrogen functional groups attached to an aromatic ring is 1. The van der Waals surface area contributed by atoms with Crippen molar-refractivity contribution >= 4 is 34.5 Å². The third-order valence-corrected chi connectivity index (χ3v) is 4.25. The number of para-hydroxylation sites is 2. The predicted molar refractivity (Wildman–Crippen MR) is 82.1 cm³/mol. The van der Waals surface area contributed by atoms with E-state index in [9.17, 15) is 9.59 Å². The van der Waals surface area contributed by atoms with E-state index < -0.39 is 0 Å². The number of carbonyl (C=O) groups is 2. The van der Waals surface area contributed by atoms with Gasteiger partial charge in [0.15, 0.2) is 0 Å². The van der Waals surface area contributed by atoms with Crippen LogP contribution in [0.4, 0.5) is 11.4 Å². The molecule has 1 aromatic carbocycles. The molecule has 1 aromatic heterocycles. The van der Waals surface area contributed by atoms with Gasteiger partial charge in [-0.05, 0) is 29.1 Å². The van der Waals surface area contributed by atoms with E-state index in [4.69, 9.17) is 5.84 Å². The van der Waals surface area contributed by atoms with Crippen molar-refractivity contribution in [2.75, 3.05) is 16.8 Å². The van der Waals surface area contributed by atoms with Gasteiger partial charge in [0.2, 0.25) is 5.91 Å². The Morgan fingerprint density at radius 1 is 1.38 bits per heavy atom. The van der Waals surface area contributed by atoms with E-state index in [2.05, 4.69) is 10.7 Å². The van der Waals surface area contributed by atoms with Gasteiger partial charge in [-0.2, -0.15) is 0 Å². The van der Waals surface area contributed by atoms with Crippen molar-refractivity contribution in [1.29, 1.82) is 0 Å². The van der Waals surface area contributed by atoms with Gasteiger partial charge in [0.25, 0.3) is 5.91 Å². The summed E-state index contributed by atoms with van der Waals surface area (Å²) in [5, 5.41) is 4.68. The number of nitrogens with two attached hydrogens (primary N) is 1. The summed E-state index contributed by atoms with van der Waals surface area (Å²) in [6.45, 7) is 0.743. The minimum atomic E-state index is -0.310. The van der Waals surface area contributed by atoms with E-state index in [1.165, 1.54) is 11.3 Å². The first-order valence-electron chi connectivity index (χ1n) is 6.40. The molecular weight excluding hydrogens is 288 g/mol. The van der Waals surface area contributed by atoms with Gasteiger partial charge in [0, 0.05) is 6.54 Å². The van der Waals surface area contributed by atoms with Gasteiger partial charge in [0.1, 0.15) is 0 Å².